The predicted octanol–water partition coefficient (Wildman–Crippen LogP) is 4.38. The van der Waals surface area contributed by atoms with Crippen molar-refractivity contribution in [2.75, 3.05) is 13.3 Å². The Bertz CT molecular complexity index is 1220. The first kappa shape index (κ1) is 22.3. The summed E-state index contributed by atoms with van der Waals surface area (Å²) in [7, 11) is -1.48. The zero-order valence-corrected chi connectivity index (χ0v) is 19.6. The van der Waals surface area contributed by atoms with Crippen molar-refractivity contribution < 1.29 is 13.2 Å². The Kier molecular flexibility index (Phi) is 6.20. The quantitative estimate of drug-likeness (QED) is 0.540. The Hall–Kier alpha value is -2.93. The number of sulfone groups is 1. The number of nitrogens with zero attached hydrogens (tertiary/aromatic N) is 3. The smallest absolute Gasteiger partial charge is 0.274 e. The fourth-order valence-electron chi connectivity index (χ4n) is 4.29. The molecular weight excluding hydrogens is 422 g/mol. The molecule has 168 valence electrons. The van der Waals surface area contributed by atoms with Gasteiger partial charge in [-0.05, 0) is 62.4 Å². The zero-order valence-electron chi connectivity index (χ0n) is 18.8. The Morgan fingerprint density at radius 2 is 1.66 bits per heavy atom. The number of benzene rings is 2. The predicted molar refractivity (Wildman–Crippen MR) is 125 cm³/mol. The highest BCUT2D eigenvalue weighted by atomic mass is 32.2. The maximum Gasteiger partial charge on any atom is 0.274 e. The fourth-order valence-corrected chi connectivity index (χ4v) is 4.92. The number of carbonyl (C=O) groups is 1. The maximum atomic E-state index is 13.6. The lowest BCUT2D eigenvalue weighted by Crippen LogP contribution is -2.30. The van der Waals surface area contributed by atoms with Crippen LogP contribution in [0.15, 0.2) is 59.5 Å². The average molecular weight is 452 g/mol. The van der Waals surface area contributed by atoms with Gasteiger partial charge in [0.05, 0.1) is 16.6 Å². The Morgan fingerprint density at radius 1 is 1.00 bits per heavy atom. The van der Waals surface area contributed by atoms with Gasteiger partial charge in [0, 0.05) is 24.6 Å². The molecule has 0 bridgehead atoms. The number of aromatic nitrogens is 2. The summed E-state index contributed by atoms with van der Waals surface area (Å²) < 4.78 is 25.4. The normalized spacial score (nSPS) is 15.0. The lowest BCUT2D eigenvalue weighted by molar-refractivity contribution is 0.0735. The Morgan fingerprint density at radius 3 is 2.31 bits per heavy atom. The Labute approximate surface area is 189 Å². The first-order valence-corrected chi connectivity index (χ1v) is 12.9. The monoisotopic (exact) mass is 451 g/mol. The van der Waals surface area contributed by atoms with Gasteiger partial charge in [-0.15, -0.1) is 0 Å². The molecule has 1 heterocycles. The molecule has 0 radical (unpaired) electrons. The van der Waals surface area contributed by atoms with Crippen molar-refractivity contribution in [2.24, 2.45) is 0 Å². The van der Waals surface area contributed by atoms with Crippen LogP contribution in [0, 0.1) is 0 Å². The minimum absolute atomic E-state index is 0.113. The van der Waals surface area contributed by atoms with Crippen LogP contribution in [-0.4, -0.2) is 42.3 Å². The summed E-state index contributed by atoms with van der Waals surface area (Å²) in [4.78, 5) is 15.5. The third-order valence-electron chi connectivity index (χ3n) is 6.33. The molecule has 1 atom stereocenters. The van der Waals surface area contributed by atoms with Gasteiger partial charge in [-0.3, -0.25) is 4.79 Å². The van der Waals surface area contributed by atoms with Gasteiger partial charge in [-0.2, -0.15) is 5.10 Å². The van der Waals surface area contributed by atoms with Crippen LogP contribution in [0.25, 0.3) is 5.69 Å². The first-order valence-electron chi connectivity index (χ1n) is 11.0. The molecule has 6 nitrogen and oxygen atoms in total. The van der Waals surface area contributed by atoms with E-state index in [-0.39, 0.29) is 16.8 Å². The second kappa shape index (κ2) is 8.90. The second-order valence-electron chi connectivity index (χ2n) is 8.52. The van der Waals surface area contributed by atoms with Crippen LogP contribution in [0.2, 0.25) is 0 Å². The van der Waals surface area contributed by atoms with Crippen molar-refractivity contribution in [3.05, 3.63) is 77.1 Å². The molecule has 1 amide bonds. The maximum absolute atomic E-state index is 13.6. The van der Waals surface area contributed by atoms with Crippen LogP contribution in [0.5, 0.6) is 0 Å². The van der Waals surface area contributed by atoms with Gasteiger partial charge >= 0.3 is 0 Å². The summed E-state index contributed by atoms with van der Waals surface area (Å²) in [6.45, 7) is 1.94. The zero-order chi connectivity index (χ0) is 22.9. The molecular formula is C25H29N3O3S. The highest BCUT2D eigenvalue weighted by Crippen LogP contribution is 2.29. The average Bonchev–Trinajstić information content (AvgIpc) is 2.98. The SMILES string of the molecule is CC(c1ccc(S(C)(=O)=O)cc1)N(C)C(=O)c1nn(-c2ccccc2)c2c1CCCCC2. The van der Waals surface area contributed by atoms with Gasteiger partial charge in [0.1, 0.15) is 0 Å². The van der Waals surface area contributed by atoms with Crippen LogP contribution in [-0.2, 0) is 22.7 Å². The molecule has 32 heavy (non-hydrogen) atoms. The van der Waals surface area contributed by atoms with Gasteiger partial charge in [0.15, 0.2) is 15.5 Å². The number of carbonyl (C=O) groups excluding carboxylic acids is 1. The molecule has 3 aromatic rings. The molecule has 0 saturated heterocycles. The van der Waals surface area contributed by atoms with Gasteiger partial charge in [0.25, 0.3) is 5.91 Å². The number of hydrogen-bond acceptors (Lipinski definition) is 4. The van der Waals surface area contributed by atoms with Crippen molar-refractivity contribution in [3.8, 4) is 5.69 Å². The second-order valence-corrected chi connectivity index (χ2v) is 10.5. The number of rotatable bonds is 5. The van der Waals surface area contributed by atoms with E-state index in [4.69, 9.17) is 5.10 Å². The summed E-state index contributed by atoms with van der Waals surface area (Å²) in [6, 6.07) is 16.5. The van der Waals surface area contributed by atoms with E-state index in [0.29, 0.717) is 5.69 Å². The lowest BCUT2D eigenvalue weighted by atomic mass is 10.0. The molecule has 1 aromatic heterocycles. The van der Waals surface area contributed by atoms with Gasteiger partial charge in [0.2, 0.25) is 0 Å². The summed E-state index contributed by atoms with van der Waals surface area (Å²) >= 11 is 0. The number of amides is 1. The van der Waals surface area contributed by atoms with Crippen LogP contribution < -0.4 is 0 Å². The largest absolute Gasteiger partial charge is 0.334 e. The lowest BCUT2D eigenvalue weighted by Gasteiger charge is -2.25. The Balaban J connectivity index is 1.67. The molecule has 1 aliphatic rings. The fraction of sp³-hybridized carbons (Fsp3) is 0.360. The topological polar surface area (TPSA) is 72.3 Å². The molecule has 0 saturated carbocycles. The van der Waals surface area contributed by atoms with Crippen LogP contribution in [0.4, 0.5) is 0 Å². The molecule has 0 fully saturated rings. The van der Waals surface area contributed by atoms with E-state index in [1.807, 2.05) is 41.9 Å². The van der Waals surface area contributed by atoms with Crippen LogP contribution in [0.3, 0.4) is 0 Å². The molecule has 1 aliphatic carbocycles. The third kappa shape index (κ3) is 4.35. The van der Waals surface area contributed by atoms with Gasteiger partial charge in [-0.25, -0.2) is 13.1 Å². The minimum atomic E-state index is -3.26. The van der Waals surface area contributed by atoms with E-state index >= 15 is 0 Å². The molecule has 1 unspecified atom stereocenters. The summed E-state index contributed by atoms with van der Waals surface area (Å²) in [5.41, 5.74) is 4.56. The molecule has 0 spiro atoms. The summed E-state index contributed by atoms with van der Waals surface area (Å²) in [5.74, 6) is -0.113. The highest BCUT2D eigenvalue weighted by Gasteiger charge is 2.28. The summed E-state index contributed by atoms with van der Waals surface area (Å²) in [5, 5.41) is 4.79. The third-order valence-corrected chi connectivity index (χ3v) is 7.45. The van der Waals surface area contributed by atoms with E-state index in [9.17, 15) is 13.2 Å². The molecule has 4 rings (SSSR count). The number of hydrogen-bond donors (Lipinski definition) is 0. The van der Waals surface area contributed by atoms with Crippen molar-refractivity contribution in [1.29, 1.82) is 0 Å². The van der Waals surface area contributed by atoms with Gasteiger partial charge in [-0.1, -0.05) is 36.8 Å². The number of fused-ring (bicyclic) bond motifs is 1. The van der Waals surface area contributed by atoms with E-state index in [2.05, 4.69) is 0 Å². The summed E-state index contributed by atoms with van der Waals surface area (Å²) in [6.07, 6.45) is 6.26. The van der Waals surface area contributed by atoms with E-state index < -0.39 is 9.84 Å². The first-order chi connectivity index (χ1) is 15.3. The number of para-hydroxylation sites is 1. The standard InChI is InChI=1S/C25H29N3O3S/c1-18(19-14-16-21(17-15-19)32(3,30)31)27(2)25(29)24-22-12-8-5-9-13-23(22)28(26-24)20-10-6-4-7-11-20/h4,6-7,10-11,14-18H,5,8-9,12-13H2,1-3H3. The van der Waals surface area contributed by atoms with Crippen molar-refractivity contribution in [2.45, 2.75) is 50.0 Å². The van der Waals surface area contributed by atoms with Crippen molar-refractivity contribution in [1.82, 2.24) is 14.7 Å². The van der Waals surface area contributed by atoms with E-state index in [1.54, 1.807) is 36.2 Å². The van der Waals surface area contributed by atoms with Crippen LogP contribution in [0.1, 0.15) is 59.5 Å². The van der Waals surface area contributed by atoms with Crippen molar-refractivity contribution in [3.63, 3.8) is 0 Å². The molecule has 0 N–H and O–H groups in total. The highest BCUT2D eigenvalue weighted by molar-refractivity contribution is 7.90. The van der Waals surface area contributed by atoms with E-state index in [1.165, 1.54) is 6.26 Å². The van der Waals surface area contributed by atoms with Crippen molar-refractivity contribution >= 4 is 15.7 Å². The molecule has 0 aliphatic heterocycles. The van der Waals surface area contributed by atoms with Gasteiger partial charge < -0.3 is 4.90 Å². The van der Waals surface area contributed by atoms with E-state index in [0.717, 1.165) is 54.6 Å². The van der Waals surface area contributed by atoms with Crippen LogP contribution >= 0.6 is 0 Å². The molecule has 2 aromatic carbocycles. The minimum Gasteiger partial charge on any atom is -0.334 e. The molecule has 7 heteroatoms.